The standard InChI is InChI=1S/C33H33F3N6O2/c1-3-12-41-19-26(30(40-41)33(34,35)36)27-18-38-32-31(37-11-13-42(27)32)39-24-9-10-25(20(2)14-24)29(44)23-15-21(16-23)17-28(43)22-7-5-4-6-8-22/h1,9-11,13-14,18-19,21-23H,4-8,12,15-17H2,2H3,(H,37,39). The smallest absolute Gasteiger partial charge is 0.337 e. The zero-order chi connectivity index (χ0) is 31.0. The highest BCUT2D eigenvalue weighted by Gasteiger charge is 2.39. The summed E-state index contributed by atoms with van der Waals surface area (Å²) in [4.78, 5) is 34.7. The van der Waals surface area contributed by atoms with Crippen molar-refractivity contribution in [3.8, 4) is 23.6 Å². The molecule has 2 fully saturated rings. The number of hydrogen-bond donors (Lipinski definition) is 1. The third-order valence-corrected chi connectivity index (χ3v) is 8.90. The van der Waals surface area contributed by atoms with Crippen molar-refractivity contribution < 1.29 is 22.8 Å². The van der Waals surface area contributed by atoms with Crippen molar-refractivity contribution >= 4 is 28.7 Å². The molecule has 4 aromatic rings. The number of fused-ring (bicyclic) bond motifs is 1. The van der Waals surface area contributed by atoms with Gasteiger partial charge in [0.25, 0.3) is 0 Å². The number of Topliss-reactive ketones (excluding diaryl/α,β-unsaturated/α-hetero) is 2. The second kappa shape index (κ2) is 11.9. The Morgan fingerprint density at radius 2 is 1.89 bits per heavy atom. The van der Waals surface area contributed by atoms with E-state index in [4.69, 9.17) is 6.42 Å². The van der Waals surface area contributed by atoms with E-state index in [2.05, 4.69) is 26.3 Å². The Hall–Kier alpha value is -4.46. The highest BCUT2D eigenvalue weighted by atomic mass is 19.4. The number of carbonyl (C=O) groups excluding carboxylic acids is 2. The van der Waals surface area contributed by atoms with Crippen LogP contribution in [-0.4, -0.2) is 35.7 Å². The van der Waals surface area contributed by atoms with Crippen molar-refractivity contribution in [3.63, 3.8) is 0 Å². The van der Waals surface area contributed by atoms with Crippen LogP contribution in [0.4, 0.5) is 24.7 Å². The first-order chi connectivity index (χ1) is 21.1. The fraction of sp³-hybridized carbons (Fsp3) is 0.424. The maximum absolute atomic E-state index is 13.8. The van der Waals surface area contributed by atoms with Gasteiger partial charge in [-0.15, -0.1) is 6.42 Å². The number of hydrogen-bond acceptors (Lipinski definition) is 6. The molecule has 3 heterocycles. The SMILES string of the molecule is C#CCn1cc(-c2cnc3c(Nc4ccc(C(=O)C5CC(CC(=O)C6CCCCC6)C5)c(C)c4)nccn23)c(C(F)(F)F)n1. The number of nitrogens with zero attached hydrogens (tertiary/aromatic N) is 5. The lowest BCUT2D eigenvalue weighted by Gasteiger charge is -2.35. The van der Waals surface area contributed by atoms with Crippen molar-refractivity contribution in [2.45, 2.75) is 71.0 Å². The van der Waals surface area contributed by atoms with Gasteiger partial charge in [0.1, 0.15) is 12.3 Å². The number of terminal acetylenes is 1. The lowest BCUT2D eigenvalue weighted by atomic mass is 9.68. The highest BCUT2D eigenvalue weighted by Crippen LogP contribution is 2.41. The van der Waals surface area contributed by atoms with Crippen LogP contribution in [0.25, 0.3) is 16.9 Å². The summed E-state index contributed by atoms with van der Waals surface area (Å²) < 4.78 is 43.9. The van der Waals surface area contributed by atoms with Gasteiger partial charge in [0, 0.05) is 48.1 Å². The molecular formula is C33H33F3N6O2. The molecule has 1 aromatic carbocycles. The number of aryl methyl sites for hydroxylation is 1. The first-order valence-corrected chi connectivity index (χ1v) is 15.0. The van der Waals surface area contributed by atoms with E-state index in [1.807, 2.05) is 13.0 Å². The van der Waals surface area contributed by atoms with E-state index in [1.54, 1.807) is 12.1 Å². The average Bonchev–Trinajstić information content (AvgIpc) is 3.60. The van der Waals surface area contributed by atoms with Gasteiger partial charge in [-0.1, -0.05) is 25.2 Å². The Bertz CT molecular complexity index is 1750. The minimum absolute atomic E-state index is 0.0676. The van der Waals surface area contributed by atoms with E-state index < -0.39 is 11.9 Å². The molecule has 2 aliphatic rings. The van der Waals surface area contributed by atoms with Crippen LogP contribution in [0.15, 0.2) is 43.0 Å². The summed E-state index contributed by atoms with van der Waals surface area (Å²) in [5, 5.41) is 6.84. The normalized spacial score (nSPS) is 19.0. The Kier molecular flexibility index (Phi) is 8.01. The van der Waals surface area contributed by atoms with Crippen LogP contribution in [0, 0.1) is 37.0 Å². The van der Waals surface area contributed by atoms with Gasteiger partial charge in [-0.2, -0.15) is 18.3 Å². The summed E-state index contributed by atoms with van der Waals surface area (Å²) in [5.74, 6) is 3.55. The maximum Gasteiger partial charge on any atom is 0.435 e. The van der Waals surface area contributed by atoms with Gasteiger partial charge in [0.05, 0.1) is 17.5 Å². The summed E-state index contributed by atoms with van der Waals surface area (Å²) >= 11 is 0. The van der Waals surface area contributed by atoms with E-state index in [0.29, 0.717) is 40.8 Å². The summed E-state index contributed by atoms with van der Waals surface area (Å²) in [7, 11) is 0. The number of anilines is 2. The summed E-state index contributed by atoms with van der Waals surface area (Å²) in [5.41, 5.74) is 1.42. The van der Waals surface area contributed by atoms with Gasteiger partial charge in [0.15, 0.2) is 22.9 Å². The molecule has 2 aliphatic carbocycles. The van der Waals surface area contributed by atoms with Crippen LogP contribution in [0.5, 0.6) is 0 Å². The van der Waals surface area contributed by atoms with E-state index in [0.717, 1.165) is 48.8 Å². The van der Waals surface area contributed by atoms with Crippen LogP contribution in [-0.2, 0) is 17.5 Å². The molecule has 0 aliphatic heterocycles. The zero-order valence-corrected chi connectivity index (χ0v) is 24.4. The molecule has 3 aromatic heterocycles. The molecule has 6 rings (SSSR count). The number of carbonyl (C=O) groups is 2. The van der Waals surface area contributed by atoms with Crippen LogP contribution < -0.4 is 5.32 Å². The van der Waals surface area contributed by atoms with Crippen LogP contribution in [0.1, 0.15) is 73.0 Å². The highest BCUT2D eigenvalue weighted by molar-refractivity contribution is 6.00. The fourth-order valence-electron chi connectivity index (χ4n) is 6.57. The fourth-order valence-corrected chi connectivity index (χ4v) is 6.57. The third kappa shape index (κ3) is 5.85. The van der Waals surface area contributed by atoms with Crippen LogP contribution >= 0.6 is 0 Å². The Labute approximate surface area is 253 Å². The Morgan fingerprint density at radius 1 is 1.11 bits per heavy atom. The molecule has 11 heteroatoms. The molecule has 0 bridgehead atoms. The van der Waals surface area contributed by atoms with Gasteiger partial charge in [-0.25, -0.2) is 9.97 Å². The minimum Gasteiger partial charge on any atom is -0.337 e. The first-order valence-electron chi connectivity index (χ1n) is 15.0. The Morgan fingerprint density at radius 3 is 2.59 bits per heavy atom. The van der Waals surface area contributed by atoms with Crippen molar-refractivity contribution in [1.29, 1.82) is 0 Å². The molecule has 0 radical (unpaired) electrons. The molecule has 0 atom stereocenters. The molecule has 8 nitrogen and oxygen atoms in total. The van der Waals surface area contributed by atoms with Gasteiger partial charge >= 0.3 is 6.18 Å². The van der Waals surface area contributed by atoms with Gasteiger partial charge < -0.3 is 5.32 Å². The molecule has 2 saturated carbocycles. The van der Waals surface area contributed by atoms with Crippen molar-refractivity contribution in [1.82, 2.24) is 24.1 Å². The summed E-state index contributed by atoms with van der Waals surface area (Å²) in [6, 6.07) is 5.41. The molecule has 0 spiro atoms. The lowest BCUT2D eigenvalue weighted by Crippen LogP contribution is -2.33. The quantitative estimate of drug-likeness (QED) is 0.163. The van der Waals surface area contributed by atoms with Crippen LogP contribution in [0.3, 0.4) is 0 Å². The van der Waals surface area contributed by atoms with Crippen LogP contribution in [0.2, 0.25) is 0 Å². The number of rotatable bonds is 9. The second-order valence-electron chi connectivity index (χ2n) is 12.0. The first kappa shape index (κ1) is 29.6. The number of ketones is 2. The lowest BCUT2D eigenvalue weighted by molar-refractivity contribution is -0.141. The molecule has 228 valence electrons. The molecular weight excluding hydrogens is 569 g/mol. The monoisotopic (exact) mass is 602 g/mol. The van der Waals surface area contributed by atoms with Crippen molar-refractivity contribution in [2.75, 3.05) is 5.32 Å². The topological polar surface area (TPSA) is 94.2 Å². The number of benzene rings is 1. The van der Waals surface area contributed by atoms with E-state index in [9.17, 15) is 22.8 Å². The minimum atomic E-state index is -4.68. The Balaban J connectivity index is 1.15. The van der Waals surface area contributed by atoms with E-state index in [-0.39, 0.29) is 35.4 Å². The number of imidazole rings is 1. The zero-order valence-electron chi connectivity index (χ0n) is 24.4. The van der Waals surface area contributed by atoms with Gasteiger partial charge in [0.2, 0.25) is 0 Å². The van der Waals surface area contributed by atoms with Gasteiger partial charge in [-0.05, 0) is 62.3 Å². The second-order valence-corrected chi connectivity index (χ2v) is 12.0. The van der Waals surface area contributed by atoms with E-state index >= 15 is 0 Å². The number of aromatic nitrogens is 5. The molecule has 0 saturated heterocycles. The average molecular weight is 603 g/mol. The predicted molar refractivity (Wildman–Crippen MR) is 159 cm³/mol. The molecule has 0 unspecified atom stereocenters. The summed E-state index contributed by atoms with van der Waals surface area (Å²) in [6.45, 7) is 1.77. The molecule has 0 amide bonds. The number of nitrogens with one attached hydrogen (secondary N) is 1. The molecule has 1 N–H and O–H groups in total. The van der Waals surface area contributed by atoms with Crippen molar-refractivity contribution in [3.05, 3.63) is 59.8 Å². The van der Waals surface area contributed by atoms with Crippen molar-refractivity contribution in [2.24, 2.45) is 17.8 Å². The maximum atomic E-state index is 13.8. The number of halogens is 3. The molecule has 44 heavy (non-hydrogen) atoms. The largest absolute Gasteiger partial charge is 0.435 e. The van der Waals surface area contributed by atoms with E-state index in [1.165, 1.54) is 35.6 Å². The third-order valence-electron chi connectivity index (χ3n) is 8.90. The summed E-state index contributed by atoms with van der Waals surface area (Å²) in [6.07, 6.45) is 13.8. The van der Waals surface area contributed by atoms with Gasteiger partial charge in [-0.3, -0.25) is 18.7 Å². The number of alkyl halides is 3. The predicted octanol–water partition coefficient (Wildman–Crippen LogP) is 7.05.